The van der Waals surface area contributed by atoms with Crippen molar-refractivity contribution in [2.75, 3.05) is 53.4 Å². The highest BCUT2D eigenvalue weighted by Gasteiger charge is 2.10. The minimum Gasteiger partial charge on any atom is -0.356 e. The molecule has 0 aliphatic rings. The van der Waals surface area contributed by atoms with Gasteiger partial charge in [0.25, 0.3) is 0 Å². The van der Waals surface area contributed by atoms with Crippen LogP contribution in [0.2, 0.25) is 0 Å². The SMILES string of the molecule is CCCNC(=O)CCN(CCCN(C)C)CCC(=O)NCCC. The Labute approximate surface area is 142 Å². The first kappa shape index (κ1) is 21.9. The molecule has 0 aromatic carbocycles. The smallest absolute Gasteiger partial charge is 0.221 e. The number of hydrogen-bond donors (Lipinski definition) is 2. The second-order valence-corrected chi connectivity index (χ2v) is 6.20. The highest BCUT2D eigenvalue weighted by molar-refractivity contribution is 5.76. The van der Waals surface area contributed by atoms with Crippen LogP contribution in [0.15, 0.2) is 0 Å². The van der Waals surface area contributed by atoms with Crippen molar-refractivity contribution in [2.24, 2.45) is 0 Å². The molecular formula is C17H36N4O2. The number of hydrogen-bond acceptors (Lipinski definition) is 4. The van der Waals surface area contributed by atoms with Gasteiger partial charge in [0.05, 0.1) is 0 Å². The predicted molar refractivity (Wildman–Crippen MR) is 95.4 cm³/mol. The number of nitrogens with zero attached hydrogens (tertiary/aromatic N) is 2. The standard InChI is InChI=1S/C17H36N4O2/c1-5-10-18-16(22)8-14-21(13-7-12-20(3)4)15-9-17(23)19-11-6-2/h5-15H2,1-4H3,(H,18,22)(H,19,23). The fourth-order valence-corrected chi connectivity index (χ4v) is 2.17. The molecule has 0 radical (unpaired) electrons. The van der Waals surface area contributed by atoms with Crippen LogP contribution in [0.1, 0.15) is 46.0 Å². The third-order valence-electron chi connectivity index (χ3n) is 3.53. The normalized spacial score (nSPS) is 11.0. The van der Waals surface area contributed by atoms with E-state index in [1.54, 1.807) is 0 Å². The monoisotopic (exact) mass is 328 g/mol. The maximum Gasteiger partial charge on any atom is 0.221 e. The summed E-state index contributed by atoms with van der Waals surface area (Å²) in [7, 11) is 4.11. The van der Waals surface area contributed by atoms with Crippen molar-refractivity contribution in [3.63, 3.8) is 0 Å². The third kappa shape index (κ3) is 14.2. The number of carbonyl (C=O) groups is 2. The van der Waals surface area contributed by atoms with Crippen LogP contribution in [0.4, 0.5) is 0 Å². The molecule has 0 rings (SSSR count). The molecule has 0 unspecified atom stereocenters. The van der Waals surface area contributed by atoms with Crippen molar-refractivity contribution in [3.05, 3.63) is 0 Å². The zero-order chi connectivity index (χ0) is 17.5. The van der Waals surface area contributed by atoms with E-state index in [0.29, 0.717) is 25.9 Å². The van der Waals surface area contributed by atoms with Crippen LogP contribution in [0.3, 0.4) is 0 Å². The Morgan fingerprint density at radius 3 is 1.65 bits per heavy atom. The Bertz CT molecular complexity index is 298. The molecular weight excluding hydrogens is 292 g/mol. The molecule has 6 heteroatoms. The van der Waals surface area contributed by atoms with Gasteiger partial charge in [-0.15, -0.1) is 0 Å². The van der Waals surface area contributed by atoms with E-state index < -0.39 is 0 Å². The average Bonchev–Trinajstić information content (AvgIpc) is 2.52. The van der Waals surface area contributed by atoms with Crippen molar-refractivity contribution in [3.8, 4) is 0 Å². The fraction of sp³-hybridized carbons (Fsp3) is 0.882. The Morgan fingerprint density at radius 2 is 1.26 bits per heavy atom. The van der Waals surface area contributed by atoms with E-state index in [2.05, 4.69) is 34.5 Å². The molecule has 23 heavy (non-hydrogen) atoms. The summed E-state index contributed by atoms with van der Waals surface area (Å²) in [5.41, 5.74) is 0. The van der Waals surface area contributed by atoms with Crippen molar-refractivity contribution < 1.29 is 9.59 Å². The summed E-state index contributed by atoms with van der Waals surface area (Å²) in [5.74, 6) is 0.194. The fourth-order valence-electron chi connectivity index (χ4n) is 2.17. The Kier molecular flexibility index (Phi) is 13.7. The number of rotatable bonds is 14. The first-order valence-electron chi connectivity index (χ1n) is 8.90. The van der Waals surface area contributed by atoms with Gasteiger partial charge in [-0.2, -0.15) is 0 Å². The van der Waals surface area contributed by atoms with Gasteiger partial charge in [0.1, 0.15) is 0 Å². The van der Waals surface area contributed by atoms with Crippen molar-refractivity contribution in [2.45, 2.75) is 46.0 Å². The highest BCUT2D eigenvalue weighted by atomic mass is 16.2. The van der Waals surface area contributed by atoms with Gasteiger partial charge in [-0.1, -0.05) is 13.8 Å². The molecule has 0 bridgehead atoms. The molecule has 0 aliphatic carbocycles. The van der Waals surface area contributed by atoms with E-state index in [9.17, 15) is 9.59 Å². The van der Waals surface area contributed by atoms with E-state index in [1.165, 1.54) is 0 Å². The Balaban J connectivity index is 4.16. The number of amides is 2. The van der Waals surface area contributed by atoms with E-state index in [-0.39, 0.29) is 11.8 Å². The van der Waals surface area contributed by atoms with Crippen LogP contribution in [0.25, 0.3) is 0 Å². The summed E-state index contributed by atoms with van der Waals surface area (Å²) in [4.78, 5) is 27.9. The minimum atomic E-state index is 0.0971. The maximum atomic E-state index is 11.7. The molecule has 2 amide bonds. The number of nitrogens with one attached hydrogen (secondary N) is 2. The second-order valence-electron chi connectivity index (χ2n) is 6.20. The van der Waals surface area contributed by atoms with Gasteiger partial charge in [-0.3, -0.25) is 9.59 Å². The minimum absolute atomic E-state index is 0.0971. The molecule has 0 aliphatic heterocycles. The summed E-state index contributed by atoms with van der Waals surface area (Å²) in [6, 6.07) is 0. The third-order valence-corrected chi connectivity index (χ3v) is 3.53. The Morgan fingerprint density at radius 1 is 0.783 bits per heavy atom. The molecule has 0 spiro atoms. The van der Waals surface area contributed by atoms with Gasteiger partial charge in [0, 0.05) is 39.0 Å². The van der Waals surface area contributed by atoms with Crippen molar-refractivity contribution in [1.82, 2.24) is 20.4 Å². The van der Waals surface area contributed by atoms with Gasteiger partial charge in [-0.25, -0.2) is 0 Å². The summed E-state index contributed by atoms with van der Waals surface area (Å²) >= 11 is 0. The largest absolute Gasteiger partial charge is 0.356 e. The van der Waals surface area contributed by atoms with Gasteiger partial charge >= 0.3 is 0 Å². The van der Waals surface area contributed by atoms with Crippen LogP contribution in [0, 0.1) is 0 Å². The van der Waals surface area contributed by atoms with Gasteiger partial charge in [0.15, 0.2) is 0 Å². The van der Waals surface area contributed by atoms with E-state index >= 15 is 0 Å². The summed E-state index contributed by atoms with van der Waals surface area (Å²) in [6.45, 7) is 8.91. The van der Waals surface area contributed by atoms with Crippen molar-refractivity contribution in [1.29, 1.82) is 0 Å². The second kappa shape index (κ2) is 14.5. The van der Waals surface area contributed by atoms with E-state index in [1.807, 2.05) is 13.8 Å². The van der Waals surface area contributed by atoms with E-state index in [4.69, 9.17) is 0 Å². The van der Waals surface area contributed by atoms with Gasteiger partial charge in [0.2, 0.25) is 11.8 Å². The lowest BCUT2D eigenvalue weighted by Crippen LogP contribution is -2.35. The molecule has 0 fully saturated rings. The van der Waals surface area contributed by atoms with Crippen molar-refractivity contribution >= 4 is 11.8 Å². The highest BCUT2D eigenvalue weighted by Crippen LogP contribution is 1.98. The van der Waals surface area contributed by atoms with E-state index in [0.717, 1.165) is 45.4 Å². The van der Waals surface area contributed by atoms with Crippen LogP contribution in [0.5, 0.6) is 0 Å². The molecule has 0 aromatic heterocycles. The van der Waals surface area contributed by atoms with Gasteiger partial charge < -0.3 is 20.4 Å². The molecule has 6 nitrogen and oxygen atoms in total. The molecule has 136 valence electrons. The van der Waals surface area contributed by atoms with Crippen LogP contribution < -0.4 is 10.6 Å². The first-order chi connectivity index (χ1) is 11.0. The zero-order valence-corrected chi connectivity index (χ0v) is 15.5. The van der Waals surface area contributed by atoms with Crippen LogP contribution in [-0.2, 0) is 9.59 Å². The lowest BCUT2D eigenvalue weighted by molar-refractivity contribution is -0.121. The average molecular weight is 329 g/mol. The maximum absolute atomic E-state index is 11.7. The Hall–Kier alpha value is -1.14. The lowest BCUT2D eigenvalue weighted by Gasteiger charge is -2.22. The van der Waals surface area contributed by atoms with Crippen LogP contribution in [-0.4, -0.2) is 75.0 Å². The molecule has 2 N–H and O–H groups in total. The van der Waals surface area contributed by atoms with Gasteiger partial charge in [-0.05, 0) is 46.4 Å². The molecule has 0 atom stereocenters. The molecule has 0 heterocycles. The van der Waals surface area contributed by atoms with Crippen LogP contribution >= 0.6 is 0 Å². The first-order valence-corrected chi connectivity index (χ1v) is 8.90. The molecule has 0 saturated heterocycles. The summed E-state index contributed by atoms with van der Waals surface area (Å²) in [6.07, 6.45) is 3.95. The molecule has 0 saturated carbocycles. The predicted octanol–water partition coefficient (Wildman–Crippen LogP) is 1.07. The zero-order valence-electron chi connectivity index (χ0n) is 15.5. The summed E-state index contributed by atoms with van der Waals surface area (Å²) < 4.78 is 0. The summed E-state index contributed by atoms with van der Waals surface area (Å²) in [5, 5.41) is 5.80. The number of carbonyl (C=O) groups excluding carboxylic acids is 2. The quantitative estimate of drug-likeness (QED) is 0.501. The lowest BCUT2D eigenvalue weighted by atomic mass is 10.2. The topological polar surface area (TPSA) is 64.7 Å². The molecule has 0 aromatic rings.